The van der Waals surface area contributed by atoms with E-state index in [0.29, 0.717) is 0 Å². The molecule has 1 unspecified atom stereocenters. The number of hydrogen-bond acceptors (Lipinski definition) is 2. The van der Waals surface area contributed by atoms with Gasteiger partial charge in [-0.05, 0) is 31.5 Å². The SMILES string of the molecule is Cc1c(Br)cccc1NC(=O)C(C)N.Cl. The molecule has 0 radical (unpaired) electrons. The molecule has 84 valence electrons. The molecule has 0 spiro atoms. The molecule has 0 heterocycles. The summed E-state index contributed by atoms with van der Waals surface area (Å²) in [6, 6.07) is 5.15. The lowest BCUT2D eigenvalue weighted by molar-refractivity contribution is -0.117. The molecule has 1 aromatic rings. The van der Waals surface area contributed by atoms with Crippen LogP contribution in [0.1, 0.15) is 12.5 Å². The van der Waals surface area contributed by atoms with E-state index < -0.39 is 6.04 Å². The van der Waals surface area contributed by atoms with E-state index in [1.807, 2.05) is 25.1 Å². The van der Waals surface area contributed by atoms with Gasteiger partial charge in [0.05, 0.1) is 6.04 Å². The van der Waals surface area contributed by atoms with E-state index >= 15 is 0 Å². The van der Waals surface area contributed by atoms with Crippen LogP contribution in [-0.2, 0) is 4.79 Å². The molecule has 3 nitrogen and oxygen atoms in total. The van der Waals surface area contributed by atoms with Crippen molar-refractivity contribution in [2.45, 2.75) is 19.9 Å². The highest BCUT2D eigenvalue weighted by molar-refractivity contribution is 9.10. The molecule has 0 saturated carbocycles. The molecule has 1 rings (SSSR count). The zero-order valence-electron chi connectivity index (χ0n) is 8.58. The Morgan fingerprint density at radius 1 is 1.53 bits per heavy atom. The molecule has 0 aliphatic rings. The Labute approximate surface area is 104 Å². The van der Waals surface area contributed by atoms with Crippen molar-refractivity contribution in [1.29, 1.82) is 0 Å². The summed E-state index contributed by atoms with van der Waals surface area (Å²) in [5.74, 6) is -0.175. The molecule has 0 saturated heterocycles. The second kappa shape index (κ2) is 6.10. The fourth-order valence-corrected chi connectivity index (χ4v) is 1.36. The summed E-state index contributed by atoms with van der Waals surface area (Å²) in [5, 5.41) is 2.76. The Hall–Kier alpha value is -0.580. The van der Waals surface area contributed by atoms with E-state index in [1.165, 1.54) is 0 Å². The molecule has 15 heavy (non-hydrogen) atoms. The van der Waals surface area contributed by atoms with Gasteiger partial charge in [-0.25, -0.2) is 0 Å². The molecule has 1 atom stereocenters. The second-order valence-electron chi connectivity index (χ2n) is 3.19. The van der Waals surface area contributed by atoms with Gasteiger partial charge in [0, 0.05) is 10.2 Å². The summed E-state index contributed by atoms with van der Waals surface area (Å²) < 4.78 is 0.972. The third kappa shape index (κ3) is 3.81. The lowest BCUT2D eigenvalue weighted by atomic mass is 10.2. The van der Waals surface area contributed by atoms with Gasteiger partial charge < -0.3 is 11.1 Å². The van der Waals surface area contributed by atoms with E-state index in [2.05, 4.69) is 21.2 Å². The van der Waals surface area contributed by atoms with Crippen molar-refractivity contribution in [2.75, 3.05) is 5.32 Å². The summed E-state index contributed by atoms with van der Waals surface area (Å²) in [5.41, 5.74) is 7.24. The lowest BCUT2D eigenvalue weighted by Gasteiger charge is -2.11. The van der Waals surface area contributed by atoms with Crippen molar-refractivity contribution < 1.29 is 4.79 Å². The van der Waals surface area contributed by atoms with Gasteiger partial charge in [0.15, 0.2) is 0 Å². The number of amides is 1. The Balaban J connectivity index is 0.00000196. The molecule has 0 aliphatic carbocycles. The van der Waals surface area contributed by atoms with Crippen molar-refractivity contribution in [3.05, 3.63) is 28.2 Å². The Morgan fingerprint density at radius 2 is 2.13 bits per heavy atom. The number of nitrogens with two attached hydrogens (primary N) is 1. The van der Waals surface area contributed by atoms with Crippen LogP contribution in [0.3, 0.4) is 0 Å². The van der Waals surface area contributed by atoms with Crippen molar-refractivity contribution in [3.63, 3.8) is 0 Å². The van der Waals surface area contributed by atoms with E-state index in [-0.39, 0.29) is 18.3 Å². The summed E-state index contributed by atoms with van der Waals surface area (Å²) in [6.07, 6.45) is 0. The first-order chi connectivity index (χ1) is 6.52. The Kier molecular flexibility index (Phi) is 5.87. The maximum atomic E-state index is 11.3. The number of hydrogen-bond donors (Lipinski definition) is 2. The maximum Gasteiger partial charge on any atom is 0.241 e. The fraction of sp³-hybridized carbons (Fsp3) is 0.300. The standard InChI is InChI=1S/C10H13BrN2O.ClH/c1-6-8(11)4-3-5-9(6)13-10(14)7(2)12;/h3-5,7H,12H2,1-2H3,(H,13,14);1H. The average Bonchev–Trinajstić information content (AvgIpc) is 2.12. The van der Waals surface area contributed by atoms with Gasteiger partial charge >= 0.3 is 0 Å². The van der Waals surface area contributed by atoms with Crippen LogP contribution >= 0.6 is 28.3 Å². The summed E-state index contributed by atoms with van der Waals surface area (Å²) >= 11 is 3.39. The molecule has 1 aromatic carbocycles. The summed E-state index contributed by atoms with van der Waals surface area (Å²) in [6.45, 7) is 3.59. The second-order valence-corrected chi connectivity index (χ2v) is 4.04. The maximum absolute atomic E-state index is 11.3. The van der Waals surface area contributed by atoms with Crippen molar-refractivity contribution in [1.82, 2.24) is 0 Å². The van der Waals surface area contributed by atoms with Gasteiger partial charge in [0.25, 0.3) is 0 Å². The van der Waals surface area contributed by atoms with Crippen LogP contribution in [0.4, 0.5) is 5.69 Å². The molecule has 0 bridgehead atoms. The van der Waals surface area contributed by atoms with Crippen molar-refractivity contribution >= 4 is 39.9 Å². The normalized spacial score (nSPS) is 11.5. The molecule has 0 aliphatic heterocycles. The predicted molar refractivity (Wildman–Crippen MR) is 68.4 cm³/mol. The number of halogens is 2. The molecule has 3 N–H and O–H groups in total. The van der Waals surface area contributed by atoms with Gasteiger partial charge in [-0.15, -0.1) is 12.4 Å². The largest absolute Gasteiger partial charge is 0.324 e. The molecule has 1 amide bonds. The Bertz CT molecular complexity index is 355. The Morgan fingerprint density at radius 3 is 2.67 bits per heavy atom. The highest BCUT2D eigenvalue weighted by Gasteiger charge is 2.09. The van der Waals surface area contributed by atoms with Gasteiger partial charge in [-0.1, -0.05) is 22.0 Å². The topological polar surface area (TPSA) is 55.1 Å². The molecule has 0 aromatic heterocycles. The van der Waals surface area contributed by atoms with Crippen molar-refractivity contribution in [3.8, 4) is 0 Å². The van der Waals surface area contributed by atoms with Crippen LogP contribution in [0.2, 0.25) is 0 Å². The third-order valence-electron chi connectivity index (χ3n) is 1.94. The highest BCUT2D eigenvalue weighted by Crippen LogP contribution is 2.23. The van der Waals surface area contributed by atoms with Crippen LogP contribution in [0, 0.1) is 6.92 Å². The molecular weight excluding hydrogens is 279 g/mol. The first-order valence-electron chi connectivity index (χ1n) is 4.34. The van der Waals surface area contributed by atoms with Gasteiger partial charge in [-0.2, -0.15) is 0 Å². The number of benzene rings is 1. The number of carbonyl (C=O) groups excluding carboxylic acids is 1. The number of carbonyl (C=O) groups is 1. The first-order valence-corrected chi connectivity index (χ1v) is 5.13. The van der Waals surface area contributed by atoms with Crippen LogP contribution in [0.15, 0.2) is 22.7 Å². The van der Waals surface area contributed by atoms with Crippen LogP contribution in [-0.4, -0.2) is 11.9 Å². The minimum absolute atomic E-state index is 0. The summed E-state index contributed by atoms with van der Waals surface area (Å²) in [4.78, 5) is 11.3. The van der Waals surface area contributed by atoms with Gasteiger partial charge in [0.2, 0.25) is 5.91 Å². The third-order valence-corrected chi connectivity index (χ3v) is 2.80. The van der Waals surface area contributed by atoms with E-state index in [9.17, 15) is 4.79 Å². The predicted octanol–water partition coefficient (Wildman–Crippen LogP) is 2.47. The summed E-state index contributed by atoms with van der Waals surface area (Å²) in [7, 11) is 0. The lowest BCUT2D eigenvalue weighted by Crippen LogP contribution is -2.32. The number of anilines is 1. The van der Waals surface area contributed by atoms with Crippen LogP contribution in [0.5, 0.6) is 0 Å². The monoisotopic (exact) mass is 292 g/mol. The molecule has 0 fully saturated rings. The van der Waals surface area contributed by atoms with Gasteiger partial charge in [0.1, 0.15) is 0 Å². The van der Waals surface area contributed by atoms with E-state index in [4.69, 9.17) is 5.73 Å². The quantitative estimate of drug-likeness (QED) is 0.880. The first kappa shape index (κ1) is 14.4. The molecule has 5 heteroatoms. The molecular formula is C10H14BrClN2O. The number of nitrogens with one attached hydrogen (secondary N) is 1. The fourth-order valence-electron chi connectivity index (χ4n) is 0.989. The van der Waals surface area contributed by atoms with E-state index in [0.717, 1.165) is 15.7 Å². The van der Waals surface area contributed by atoms with Crippen LogP contribution < -0.4 is 11.1 Å². The number of rotatable bonds is 2. The van der Waals surface area contributed by atoms with Crippen molar-refractivity contribution in [2.24, 2.45) is 5.73 Å². The minimum Gasteiger partial charge on any atom is -0.324 e. The minimum atomic E-state index is -0.492. The average molecular weight is 294 g/mol. The zero-order valence-corrected chi connectivity index (χ0v) is 11.0. The smallest absolute Gasteiger partial charge is 0.241 e. The highest BCUT2D eigenvalue weighted by atomic mass is 79.9. The van der Waals surface area contributed by atoms with Crippen LogP contribution in [0.25, 0.3) is 0 Å². The van der Waals surface area contributed by atoms with E-state index in [1.54, 1.807) is 6.92 Å². The van der Waals surface area contributed by atoms with Gasteiger partial charge in [-0.3, -0.25) is 4.79 Å². The zero-order chi connectivity index (χ0) is 10.7.